The predicted molar refractivity (Wildman–Crippen MR) is 75.2 cm³/mol. The Morgan fingerprint density at radius 1 is 1.33 bits per heavy atom. The van der Waals surface area contributed by atoms with Gasteiger partial charge < -0.3 is 15.2 Å². The first-order chi connectivity index (χ1) is 9.88. The van der Waals surface area contributed by atoms with Gasteiger partial charge in [0.1, 0.15) is 5.75 Å². The molecule has 1 aromatic rings. The van der Waals surface area contributed by atoms with Gasteiger partial charge in [-0.3, -0.25) is 0 Å². The lowest BCUT2D eigenvalue weighted by atomic mass is 10.1. The van der Waals surface area contributed by atoms with Crippen LogP contribution in [0.2, 0.25) is 0 Å². The van der Waals surface area contributed by atoms with E-state index in [1.165, 1.54) is 6.07 Å². The van der Waals surface area contributed by atoms with Gasteiger partial charge in [-0.25, -0.2) is 0 Å². The van der Waals surface area contributed by atoms with Gasteiger partial charge in [0.2, 0.25) is 0 Å². The molecule has 0 aliphatic heterocycles. The fourth-order valence-corrected chi connectivity index (χ4v) is 1.73. The summed E-state index contributed by atoms with van der Waals surface area (Å²) in [7, 11) is 0. The van der Waals surface area contributed by atoms with Crippen LogP contribution in [0.1, 0.15) is 31.4 Å². The predicted octanol–water partition coefficient (Wildman–Crippen LogP) is 3.21. The average molecular weight is 305 g/mol. The minimum atomic E-state index is -4.46. The second kappa shape index (κ2) is 8.24. The maximum absolute atomic E-state index is 13.1. The molecule has 0 bridgehead atoms. The third kappa shape index (κ3) is 5.93. The second-order valence-corrected chi connectivity index (χ2v) is 5.10. The van der Waals surface area contributed by atoms with Crippen LogP contribution >= 0.6 is 0 Å². The molecule has 1 rings (SSSR count). The Bertz CT molecular complexity index is 435. The van der Waals surface area contributed by atoms with Gasteiger partial charge in [-0.15, -0.1) is 0 Å². The molecule has 0 radical (unpaired) electrons. The molecule has 0 amide bonds. The molecule has 0 saturated carbocycles. The molecule has 0 aromatic heterocycles. The molecule has 2 N–H and O–H groups in total. The topological polar surface area (TPSA) is 41.5 Å². The van der Waals surface area contributed by atoms with Gasteiger partial charge >= 0.3 is 6.18 Å². The highest BCUT2D eigenvalue weighted by atomic mass is 19.4. The summed E-state index contributed by atoms with van der Waals surface area (Å²) < 4.78 is 44.4. The summed E-state index contributed by atoms with van der Waals surface area (Å²) in [4.78, 5) is 0. The van der Waals surface area contributed by atoms with Crippen LogP contribution in [-0.4, -0.2) is 24.9 Å². The Kier molecular flexibility index (Phi) is 6.98. The fraction of sp³-hybridized carbons (Fsp3) is 0.600. The second-order valence-electron chi connectivity index (χ2n) is 5.10. The maximum atomic E-state index is 13.1. The van der Waals surface area contributed by atoms with Gasteiger partial charge in [0, 0.05) is 19.1 Å². The Labute approximate surface area is 123 Å². The zero-order valence-corrected chi connectivity index (χ0v) is 12.3. The Morgan fingerprint density at radius 2 is 2.05 bits per heavy atom. The molecule has 1 aromatic carbocycles. The third-order valence-electron chi connectivity index (χ3n) is 2.94. The monoisotopic (exact) mass is 305 g/mol. The lowest BCUT2D eigenvalue weighted by molar-refractivity contribution is -0.139. The van der Waals surface area contributed by atoms with E-state index in [0.717, 1.165) is 19.0 Å². The highest BCUT2D eigenvalue weighted by Gasteiger charge is 2.34. The van der Waals surface area contributed by atoms with Crippen molar-refractivity contribution in [3.63, 3.8) is 0 Å². The SMILES string of the molecule is CCCNCc1ccc(OCC(C)CO)c(C(F)(F)F)c1. The van der Waals surface area contributed by atoms with Crippen molar-refractivity contribution in [2.24, 2.45) is 5.92 Å². The van der Waals surface area contributed by atoms with E-state index in [1.54, 1.807) is 13.0 Å². The summed E-state index contributed by atoms with van der Waals surface area (Å²) in [5.41, 5.74) is -0.207. The maximum Gasteiger partial charge on any atom is 0.419 e. The molecule has 120 valence electrons. The molecule has 1 atom stereocenters. The van der Waals surface area contributed by atoms with Gasteiger partial charge in [-0.2, -0.15) is 13.2 Å². The highest BCUT2D eigenvalue weighted by Crippen LogP contribution is 2.37. The fourth-order valence-electron chi connectivity index (χ4n) is 1.73. The number of aliphatic hydroxyl groups excluding tert-OH is 1. The number of hydrogen-bond acceptors (Lipinski definition) is 3. The molecule has 0 aliphatic carbocycles. The zero-order valence-electron chi connectivity index (χ0n) is 12.3. The van der Waals surface area contributed by atoms with Crippen molar-refractivity contribution >= 4 is 0 Å². The van der Waals surface area contributed by atoms with Gasteiger partial charge in [0.05, 0.1) is 12.2 Å². The Hall–Kier alpha value is -1.27. The first kappa shape index (κ1) is 17.8. The Balaban J connectivity index is 2.87. The van der Waals surface area contributed by atoms with Crippen LogP contribution in [0.15, 0.2) is 18.2 Å². The van der Waals surface area contributed by atoms with Crippen LogP contribution < -0.4 is 10.1 Å². The summed E-state index contributed by atoms with van der Waals surface area (Å²) in [5, 5.41) is 12.0. The third-order valence-corrected chi connectivity index (χ3v) is 2.94. The number of alkyl halides is 3. The number of benzene rings is 1. The number of halogens is 3. The van der Waals surface area contributed by atoms with Gasteiger partial charge in [-0.1, -0.05) is 19.9 Å². The Morgan fingerprint density at radius 3 is 2.62 bits per heavy atom. The van der Waals surface area contributed by atoms with Crippen molar-refractivity contribution in [3.8, 4) is 5.75 Å². The molecular weight excluding hydrogens is 283 g/mol. The van der Waals surface area contributed by atoms with Crippen LogP contribution in [0.4, 0.5) is 13.2 Å². The van der Waals surface area contributed by atoms with Crippen molar-refractivity contribution in [1.82, 2.24) is 5.32 Å². The van der Waals surface area contributed by atoms with Crippen molar-refractivity contribution < 1.29 is 23.0 Å². The lowest BCUT2D eigenvalue weighted by Gasteiger charge is -2.17. The lowest BCUT2D eigenvalue weighted by Crippen LogP contribution is -2.17. The van der Waals surface area contributed by atoms with E-state index >= 15 is 0 Å². The largest absolute Gasteiger partial charge is 0.493 e. The average Bonchev–Trinajstić information content (AvgIpc) is 2.44. The van der Waals surface area contributed by atoms with Crippen LogP contribution in [0, 0.1) is 5.92 Å². The minimum absolute atomic E-state index is 0.0486. The van der Waals surface area contributed by atoms with E-state index in [-0.39, 0.29) is 24.9 Å². The number of rotatable bonds is 8. The molecule has 0 aliphatic rings. The summed E-state index contributed by atoms with van der Waals surface area (Å²) >= 11 is 0. The molecule has 0 saturated heterocycles. The van der Waals surface area contributed by atoms with Crippen molar-refractivity contribution in [2.75, 3.05) is 19.8 Å². The van der Waals surface area contributed by atoms with Crippen molar-refractivity contribution in [3.05, 3.63) is 29.3 Å². The first-order valence-corrected chi connectivity index (χ1v) is 7.03. The van der Waals surface area contributed by atoms with Crippen LogP contribution in [0.5, 0.6) is 5.75 Å². The zero-order chi connectivity index (χ0) is 15.9. The van der Waals surface area contributed by atoms with Crippen LogP contribution in [0.25, 0.3) is 0 Å². The van der Waals surface area contributed by atoms with Crippen LogP contribution in [0.3, 0.4) is 0 Å². The molecule has 3 nitrogen and oxygen atoms in total. The van der Waals surface area contributed by atoms with Gasteiger partial charge in [0.15, 0.2) is 0 Å². The molecular formula is C15H22F3NO2. The highest BCUT2D eigenvalue weighted by molar-refractivity contribution is 5.39. The number of ether oxygens (including phenoxy) is 1. The normalized spacial score (nSPS) is 13.2. The van der Waals surface area contributed by atoms with Crippen LogP contribution in [-0.2, 0) is 12.7 Å². The molecule has 21 heavy (non-hydrogen) atoms. The summed E-state index contributed by atoms with van der Waals surface area (Å²) in [6, 6.07) is 4.08. The smallest absolute Gasteiger partial charge is 0.419 e. The van der Waals surface area contributed by atoms with Gasteiger partial charge in [0.25, 0.3) is 0 Å². The molecule has 0 fully saturated rings. The van der Waals surface area contributed by atoms with E-state index in [2.05, 4.69) is 5.32 Å². The summed E-state index contributed by atoms with van der Waals surface area (Å²) in [6.45, 7) is 4.77. The van der Waals surface area contributed by atoms with E-state index in [1.807, 2.05) is 6.92 Å². The molecule has 0 heterocycles. The minimum Gasteiger partial charge on any atom is -0.493 e. The van der Waals surface area contributed by atoms with Gasteiger partial charge in [-0.05, 0) is 30.7 Å². The molecule has 1 unspecified atom stereocenters. The standard InChI is InChI=1S/C15H22F3NO2/c1-3-6-19-8-12-4-5-14(21-10-11(2)9-20)13(7-12)15(16,17)18/h4-5,7,11,19-20H,3,6,8-10H2,1-2H3. The summed E-state index contributed by atoms with van der Waals surface area (Å²) in [5.74, 6) is -0.404. The first-order valence-electron chi connectivity index (χ1n) is 7.03. The van der Waals surface area contributed by atoms with E-state index in [0.29, 0.717) is 12.1 Å². The number of hydrogen-bond donors (Lipinski definition) is 2. The van der Waals surface area contributed by atoms with E-state index < -0.39 is 11.7 Å². The van der Waals surface area contributed by atoms with E-state index in [4.69, 9.17) is 9.84 Å². The molecule has 6 heteroatoms. The molecule has 0 spiro atoms. The quantitative estimate of drug-likeness (QED) is 0.725. The van der Waals surface area contributed by atoms with E-state index in [9.17, 15) is 13.2 Å². The van der Waals surface area contributed by atoms with Crippen molar-refractivity contribution in [2.45, 2.75) is 33.0 Å². The summed E-state index contributed by atoms with van der Waals surface area (Å²) in [6.07, 6.45) is -3.54. The number of nitrogens with one attached hydrogen (secondary N) is 1. The van der Waals surface area contributed by atoms with Crippen molar-refractivity contribution in [1.29, 1.82) is 0 Å². The number of aliphatic hydroxyl groups is 1.